The number of nitrogens with one attached hydrogen (secondary N) is 3. The van der Waals surface area contributed by atoms with E-state index in [1.165, 1.54) is 0 Å². The zero-order valence-corrected chi connectivity index (χ0v) is 24.3. The molecule has 0 heterocycles. The molecule has 1 unspecified atom stereocenters. The second-order valence-corrected chi connectivity index (χ2v) is 10.8. The summed E-state index contributed by atoms with van der Waals surface area (Å²) >= 11 is 0. The Kier molecular flexibility index (Phi) is 11.8. The average molecular weight is 560 g/mol. The number of rotatable bonds is 13. The molecule has 0 spiro atoms. The minimum atomic E-state index is -0.753. The Morgan fingerprint density at radius 1 is 0.756 bits per heavy atom. The zero-order valence-electron chi connectivity index (χ0n) is 24.3. The van der Waals surface area contributed by atoms with Crippen molar-refractivity contribution in [2.75, 3.05) is 13.7 Å². The molecule has 0 aliphatic heterocycles. The topological polar surface area (TPSA) is 106 Å². The van der Waals surface area contributed by atoms with Gasteiger partial charge < -0.3 is 25.4 Å². The molecule has 0 fully saturated rings. The molecule has 3 rings (SSSR count). The highest BCUT2D eigenvalue weighted by Gasteiger charge is 2.27. The molecule has 1 atom stereocenters. The Morgan fingerprint density at radius 2 is 1.34 bits per heavy atom. The smallest absolute Gasteiger partial charge is 0.407 e. The molecule has 0 radical (unpaired) electrons. The van der Waals surface area contributed by atoms with E-state index in [1.807, 2.05) is 106 Å². The molecule has 8 nitrogen and oxygen atoms in total. The summed E-state index contributed by atoms with van der Waals surface area (Å²) in [4.78, 5) is 39.0. The molecule has 0 aliphatic carbocycles. The van der Waals surface area contributed by atoms with Crippen LogP contribution in [0.2, 0.25) is 0 Å². The van der Waals surface area contributed by atoms with Crippen molar-refractivity contribution in [1.29, 1.82) is 0 Å². The normalized spacial score (nSPS) is 11.8. The second-order valence-electron chi connectivity index (χ2n) is 10.8. The van der Waals surface area contributed by atoms with Gasteiger partial charge in [-0.1, -0.05) is 72.8 Å². The molecule has 3 amide bonds. The SMILES string of the molecule is COc1ccc(CNC(=O)C(CCCCNC(=O)OC(C)(C)C)NC(=O)C(c2ccccc2)c2ccccc2)cc1. The molecule has 3 aromatic rings. The number of methoxy groups -OCH3 is 1. The predicted molar refractivity (Wildman–Crippen MR) is 160 cm³/mol. The number of carbonyl (C=O) groups excluding carboxylic acids is 3. The lowest BCUT2D eigenvalue weighted by Crippen LogP contribution is -2.48. The Hall–Kier alpha value is -4.33. The Balaban J connectivity index is 1.69. The summed E-state index contributed by atoms with van der Waals surface area (Å²) in [6.45, 7) is 6.14. The number of hydrogen-bond acceptors (Lipinski definition) is 5. The fourth-order valence-corrected chi connectivity index (χ4v) is 4.34. The van der Waals surface area contributed by atoms with Crippen LogP contribution in [-0.4, -0.2) is 43.2 Å². The first-order valence-electron chi connectivity index (χ1n) is 13.9. The number of benzene rings is 3. The maximum Gasteiger partial charge on any atom is 0.407 e. The van der Waals surface area contributed by atoms with Crippen molar-refractivity contribution in [2.45, 2.75) is 64.1 Å². The summed E-state index contributed by atoms with van der Waals surface area (Å²) in [5, 5.41) is 8.72. The van der Waals surface area contributed by atoms with Crippen LogP contribution in [0.5, 0.6) is 5.75 Å². The first kappa shape index (κ1) is 31.2. The van der Waals surface area contributed by atoms with Gasteiger partial charge in [0.25, 0.3) is 0 Å². The highest BCUT2D eigenvalue weighted by atomic mass is 16.6. The van der Waals surface area contributed by atoms with E-state index in [0.717, 1.165) is 22.4 Å². The fourth-order valence-electron chi connectivity index (χ4n) is 4.34. The van der Waals surface area contributed by atoms with E-state index < -0.39 is 23.7 Å². The van der Waals surface area contributed by atoms with Crippen LogP contribution < -0.4 is 20.7 Å². The molecule has 0 saturated heterocycles. The minimum Gasteiger partial charge on any atom is -0.497 e. The second kappa shape index (κ2) is 15.5. The maximum absolute atomic E-state index is 13.7. The van der Waals surface area contributed by atoms with Crippen molar-refractivity contribution >= 4 is 17.9 Å². The molecule has 0 aromatic heterocycles. The minimum absolute atomic E-state index is 0.251. The van der Waals surface area contributed by atoms with Gasteiger partial charge in [-0.15, -0.1) is 0 Å². The summed E-state index contributed by atoms with van der Waals surface area (Å²) in [5.74, 6) is -0.353. The van der Waals surface area contributed by atoms with Gasteiger partial charge in [-0.25, -0.2) is 4.79 Å². The van der Waals surface area contributed by atoms with Crippen LogP contribution in [0.1, 0.15) is 62.6 Å². The van der Waals surface area contributed by atoms with E-state index in [0.29, 0.717) is 32.4 Å². The largest absolute Gasteiger partial charge is 0.497 e. The monoisotopic (exact) mass is 559 g/mol. The first-order chi connectivity index (χ1) is 19.7. The van der Waals surface area contributed by atoms with Gasteiger partial charge in [0, 0.05) is 13.1 Å². The van der Waals surface area contributed by atoms with Crippen LogP contribution in [0, 0.1) is 0 Å². The van der Waals surface area contributed by atoms with Crippen LogP contribution in [0.15, 0.2) is 84.9 Å². The Morgan fingerprint density at radius 3 is 1.88 bits per heavy atom. The fraction of sp³-hybridized carbons (Fsp3) is 0.364. The molecule has 0 bridgehead atoms. The quantitative estimate of drug-likeness (QED) is 0.246. The van der Waals surface area contributed by atoms with E-state index in [-0.39, 0.29) is 11.8 Å². The van der Waals surface area contributed by atoms with Crippen molar-refractivity contribution in [3.8, 4) is 5.75 Å². The third kappa shape index (κ3) is 10.6. The summed E-state index contributed by atoms with van der Waals surface area (Å²) in [7, 11) is 1.60. The highest BCUT2D eigenvalue weighted by Crippen LogP contribution is 2.25. The Bertz CT molecular complexity index is 1200. The average Bonchev–Trinajstić information content (AvgIpc) is 2.95. The first-order valence-corrected chi connectivity index (χ1v) is 13.9. The molecule has 41 heavy (non-hydrogen) atoms. The molecule has 8 heteroatoms. The summed E-state index contributed by atoms with van der Waals surface area (Å²) in [6, 6.07) is 25.8. The van der Waals surface area contributed by atoms with E-state index >= 15 is 0 Å². The maximum atomic E-state index is 13.7. The predicted octanol–water partition coefficient (Wildman–Crippen LogP) is 5.32. The number of unbranched alkanes of at least 4 members (excludes halogenated alkanes) is 1. The van der Waals surface area contributed by atoms with Crippen molar-refractivity contribution in [3.63, 3.8) is 0 Å². The van der Waals surface area contributed by atoms with Crippen molar-refractivity contribution in [3.05, 3.63) is 102 Å². The number of ether oxygens (including phenoxy) is 2. The van der Waals surface area contributed by atoms with E-state index in [4.69, 9.17) is 9.47 Å². The standard InChI is InChI=1S/C33H41N3O5/c1-33(2,3)41-32(39)34-22-12-11-17-28(30(37)35-23-24-18-20-27(40-4)21-19-24)36-31(38)29(25-13-7-5-8-14-25)26-15-9-6-10-16-26/h5-10,13-16,18-21,28-29H,11-12,17,22-23H2,1-4H3,(H,34,39)(H,35,37)(H,36,38). The van der Waals surface area contributed by atoms with E-state index in [1.54, 1.807) is 7.11 Å². The number of carbonyl (C=O) groups is 3. The van der Waals surface area contributed by atoms with Gasteiger partial charge in [-0.05, 0) is 68.9 Å². The lowest BCUT2D eigenvalue weighted by Gasteiger charge is -2.23. The van der Waals surface area contributed by atoms with Gasteiger partial charge in [0.15, 0.2) is 0 Å². The van der Waals surface area contributed by atoms with Gasteiger partial charge in [0.05, 0.1) is 13.0 Å². The number of hydrogen-bond donors (Lipinski definition) is 3. The van der Waals surface area contributed by atoms with Gasteiger partial charge in [-0.3, -0.25) is 9.59 Å². The van der Waals surface area contributed by atoms with E-state index in [2.05, 4.69) is 16.0 Å². The van der Waals surface area contributed by atoms with Gasteiger partial charge in [0.2, 0.25) is 11.8 Å². The van der Waals surface area contributed by atoms with Crippen LogP contribution in [0.25, 0.3) is 0 Å². The van der Waals surface area contributed by atoms with Gasteiger partial charge >= 0.3 is 6.09 Å². The molecule has 3 N–H and O–H groups in total. The molecule has 3 aromatic carbocycles. The molecular weight excluding hydrogens is 518 g/mol. The van der Waals surface area contributed by atoms with Gasteiger partial charge in [0.1, 0.15) is 17.4 Å². The summed E-state index contributed by atoms with van der Waals surface area (Å²) in [6.07, 6.45) is 1.16. The number of amides is 3. The third-order valence-electron chi connectivity index (χ3n) is 6.37. The lowest BCUT2D eigenvalue weighted by atomic mass is 9.90. The lowest BCUT2D eigenvalue weighted by molar-refractivity contribution is -0.129. The number of alkyl carbamates (subject to hydrolysis) is 1. The highest BCUT2D eigenvalue weighted by molar-refractivity contribution is 5.92. The van der Waals surface area contributed by atoms with Crippen LogP contribution >= 0.6 is 0 Å². The summed E-state index contributed by atoms with van der Waals surface area (Å²) in [5.41, 5.74) is 2.03. The van der Waals surface area contributed by atoms with Crippen molar-refractivity contribution in [1.82, 2.24) is 16.0 Å². The van der Waals surface area contributed by atoms with Gasteiger partial charge in [-0.2, -0.15) is 0 Å². The van der Waals surface area contributed by atoms with Crippen LogP contribution in [0.4, 0.5) is 4.79 Å². The summed E-state index contributed by atoms with van der Waals surface area (Å²) < 4.78 is 10.5. The molecular formula is C33H41N3O5. The van der Waals surface area contributed by atoms with E-state index in [9.17, 15) is 14.4 Å². The Labute approximate surface area is 242 Å². The molecule has 218 valence electrons. The molecule has 0 aliphatic rings. The van der Waals surface area contributed by atoms with Crippen molar-refractivity contribution < 1.29 is 23.9 Å². The zero-order chi connectivity index (χ0) is 29.7. The van der Waals surface area contributed by atoms with Crippen LogP contribution in [0.3, 0.4) is 0 Å². The van der Waals surface area contributed by atoms with Crippen molar-refractivity contribution in [2.24, 2.45) is 0 Å². The van der Waals surface area contributed by atoms with Crippen LogP contribution in [-0.2, 0) is 20.9 Å². The molecule has 0 saturated carbocycles. The third-order valence-corrected chi connectivity index (χ3v) is 6.37.